The maximum absolute atomic E-state index is 11.2. The second-order valence-corrected chi connectivity index (χ2v) is 5.82. The fourth-order valence-corrected chi connectivity index (χ4v) is 2.82. The Kier molecular flexibility index (Phi) is 6.47. The summed E-state index contributed by atoms with van der Waals surface area (Å²) in [5.74, 6) is -0.298. The molecule has 25 heavy (non-hydrogen) atoms. The first-order valence-corrected chi connectivity index (χ1v) is 8.12. The number of benzene rings is 2. The third-order valence-corrected chi connectivity index (χ3v) is 4.08. The molecule has 0 aliphatic carbocycles. The van der Waals surface area contributed by atoms with Crippen molar-refractivity contribution < 1.29 is 23.8 Å². The predicted molar refractivity (Wildman–Crippen MR) is 96.6 cm³/mol. The minimum absolute atomic E-state index is 0.0189. The second-order valence-electron chi connectivity index (χ2n) is 5.37. The number of methoxy groups -OCH3 is 1. The summed E-state index contributed by atoms with van der Waals surface area (Å²) in [5, 5.41) is 0. The molecule has 0 unspecified atom stereocenters. The number of hydrogen-bond acceptors (Lipinski definition) is 6. The van der Waals surface area contributed by atoms with Gasteiger partial charge in [0.2, 0.25) is 0 Å². The topological polar surface area (TPSA) is 61.8 Å². The molecule has 2 aromatic rings. The van der Waals surface area contributed by atoms with Gasteiger partial charge in [-0.15, -0.1) is 12.6 Å². The molecule has 0 spiro atoms. The molecule has 0 radical (unpaired) electrons. The van der Waals surface area contributed by atoms with Crippen molar-refractivity contribution in [3.8, 4) is 16.9 Å². The van der Waals surface area contributed by atoms with E-state index >= 15 is 0 Å². The van der Waals surface area contributed by atoms with Gasteiger partial charge in [-0.25, -0.2) is 0 Å². The van der Waals surface area contributed by atoms with Crippen LogP contribution in [-0.4, -0.2) is 19.0 Å². The minimum atomic E-state index is -0.401. The molecule has 0 N–H and O–H groups in total. The molecule has 132 valence electrons. The zero-order valence-corrected chi connectivity index (χ0v) is 15.3. The van der Waals surface area contributed by atoms with Crippen molar-refractivity contribution in [1.82, 2.24) is 0 Å². The lowest BCUT2D eigenvalue weighted by Gasteiger charge is -2.19. The molecule has 0 saturated heterocycles. The van der Waals surface area contributed by atoms with Gasteiger partial charge in [0.15, 0.2) is 0 Å². The van der Waals surface area contributed by atoms with Gasteiger partial charge >= 0.3 is 11.9 Å². The van der Waals surface area contributed by atoms with Crippen molar-refractivity contribution in [2.75, 3.05) is 7.11 Å². The normalized spacial score (nSPS) is 10.2. The van der Waals surface area contributed by atoms with E-state index in [0.29, 0.717) is 21.8 Å². The van der Waals surface area contributed by atoms with E-state index in [1.807, 2.05) is 36.4 Å². The van der Waals surface area contributed by atoms with Crippen LogP contribution in [0.3, 0.4) is 0 Å². The fourth-order valence-electron chi connectivity index (χ4n) is 2.46. The number of ether oxygens (including phenoxy) is 3. The highest BCUT2D eigenvalue weighted by atomic mass is 32.1. The third-order valence-electron chi connectivity index (χ3n) is 3.56. The fraction of sp³-hybridized carbons (Fsp3) is 0.263. The van der Waals surface area contributed by atoms with Crippen molar-refractivity contribution in [3.63, 3.8) is 0 Å². The molecule has 0 aliphatic rings. The SMILES string of the molecule is COc1c(COC(C)=O)cc(-c2ccccc2)c(S)c1COC(C)=O. The van der Waals surface area contributed by atoms with Crippen LogP contribution in [0.2, 0.25) is 0 Å². The molecule has 5 nitrogen and oxygen atoms in total. The Morgan fingerprint density at radius 2 is 1.60 bits per heavy atom. The lowest BCUT2D eigenvalue weighted by atomic mass is 9.98. The molecule has 0 bridgehead atoms. The van der Waals surface area contributed by atoms with Gasteiger partial charge in [0.25, 0.3) is 0 Å². The van der Waals surface area contributed by atoms with Gasteiger partial charge in [-0.2, -0.15) is 0 Å². The van der Waals surface area contributed by atoms with E-state index in [2.05, 4.69) is 12.6 Å². The van der Waals surface area contributed by atoms with Gasteiger partial charge in [0.1, 0.15) is 19.0 Å². The van der Waals surface area contributed by atoms with Crippen LogP contribution in [0, 0.1) is 0 Å². The van der Waals surface area contributed by atoms with Crippen LogP contribution >= 0.6 is 12.6 Å². The van der Waals surface area contributed by atoms with Gasteiger partial charge in [0.05, 0.1) is 7.11 Å². The van der Waals surface area contributed by atoms with Gasteiger partial charge in [-0.05, 0) is 17.2 Å². The van der Waals surface area contributed by atoms with E-state index in [9.17, 15) is 9.59 Å². The van der Waals surface area contributed by atoms with E-state index < -0.39 is 5.97 Å². The van der Waals surface area contributed by atoms with Crippen molar-refractivity contribution in [2.45, 2.75) is 32.0 Å². The zero-order chi connectivity index (χ0) is 18.4. The summed E-state index contributed by atoms with van der Waals surface area (Å²) >= 11 is 4.63. The highest BCUT2D eigenvalue weighted by molar-refractivity contribution is 7.80. The number of thiol groups is 1. The smallest absolute Gasteiger partial charge is 0.302 e. The first-order valence-electron chi connectivity index (χ1n) is 7.67. The molecule has 0 aromatic heterocycles. The van der Waals surface area contributed by atoms with Gasteiger partial charge in [-0.1, -0.05) is 30.3 Å². The van der Waals surface area contributed by atoms with E-state index in [-0.39, 0.29) is 19.2 Å². The summed E-state index contributed by atoms with van der Waals surface area (Å²) < 4.78 is 15.8. The molecule has 0 fully saturated rings. The number of esters is 2. The van der Waals surface area contributed by atoms with Gasteiger partial charge < -0.3 is 14.2 Å². The summed E-state index contributed by atoms with van der Waals surface area (Å²) in [6.45, 7) is 2.76. The van der Waals surface area contributed by atoms with E-state index in [1.54, 1.807) is 0 Å². The Bertz CT molecular complexity index is 771. The number of carbonyl (C=O) groups excluding carboxylic acids is 2. The third kappa shape index (κ3) is 4.76. The van der Waals surface area contributed by atoms with Crippen molar-refractivity contribution in [2.24, 2.45) is 0 Å². The first kappa shape index (κ1) is 18.9. The lowest BCUT2D eigenvalue weighted by molar-refractivity contribution is -0.143. The van der Waals surface area contributed by atoms with E-state index in [1.165, 1.54) is 21.0 Å². The van der Waals surface area contributed by atoms with Crippen LogP contribution in [0.15, 0.2) is 41.3 Å². The van der Waals surface area contributed by atoms with Crippen molar-refractivity contribution >= 4 is 24.6 Å². The molecule has 6 heteroatoms. The summed E-state index contributed by atoms with van der Waals surface area (Å²) in [7, 11) is 1.51. The molecular formula is C19H20O5S. The highest BCUT2D eigenvalue weighted by Gasteiger charge is 2.19. The zero-order valence-electron chi connectivity index (χ0n) is 14.4. The van der Waals surface area contributed by atoms with Crippen molar-refractivity contribution in [1.29, 1.82) is 0 Å². The van der Waals surface area contributed by atoms with Crippen LogP contribution < -0.4 is 4.74 Å². The van der Waals surface area contributed by atoms with Crippen LogP contribution in [0.1, 0.15) is 25.0 Å². The summed E-state index contributed by atoms with van der Waals surface area (Å²) in [6, 6.07) is 11.5. The maximum atomic E-state index is 11.2. The molecule has 0 atom stereocenters. The van der Waals surface area contributed by atoms with Gasteiger partial charge in [-0.3, -0.25) is 9.59 Å². The summed E-state index contributed by atoms with van der Waals surface area (Å²) in [5.41, 5.74) is 3.10. The Morgan fingerprint density at radius 1 is 1.00 bits per heavy atom. The monoisotopic (exact) mass is 360 g/mol. The quantitative estimate of drug-likeness (QED) is 0.627. The Labute approximate surface area is 152 Å². The van der Waals surface area contributed by atoms with Gasteiger partial charge in [0, 0.05) is 29.9 Å². The average Bonchev–Trinajstić information content (AvgIpc) is 2.59. The standard InChI is InChI=1S/C19H20O5S/c1-12(20)23-10-15-9-16(14-7-5-4-6-8-14)19(25)17(18(15)22-3)11-24-13(2)21/h4-9,25H,10-11H2,1-3H3. The molecule has 2 aromatic carbocycles. The number of rotatable bonds is 6. The lowest BCUT2D eigenvalue weighted by Crippen LogP contribution is -2.07. The Morgan fingerprint density at radius 3 is 2.16 bits per heavy atom. The van der Waals surface area contributed by atoms with Crippen LogP contribution in [-0.2, 0) is 32.3 Å². The average molecular weight is 360 g/mol. The molecule has 2 rings (SSSR count). The van der Waals surface area contributed by atoms with Crippen LogP contribution in [0.25, 0.3) is 11.1 Å². The van der Waals surface area contributed by atoms with Crippen LogP contribution in [0.4, 0.5) is 0 Å². The number of carbonyl (C=O) groups is 2. The number of hydrogen-bond donors (Lipinski definition) is 1. The van der Waals surface area contributed by atoms with Crippen molar-refractivity contribution in [3.05, 3.63) is 47.5 Å². The maximum Gasteiger partial charge on any atom is 0.302 e. The molecule has 0 amide bonds. The summed E-state index contributed by atoms with van der Waals surface area (Å²) in [4.78, 5) is 23.1. The molecule has 0 aliphatic heterocycles. The first-order chi connectivity index (χ1) is 11.9. The van der Waals surface area contributed by atoms with Crippen LogP contribution in [0.5, 0.6) is 5.75 Å². The summed E-state index contributed by atoms with van der Waals surface area (Å²) in [6.07, 6.45) is 0. The van der Waals surface area contributed by atoms with E-state index in [4.69, 9.17) is 14.2 Å². The molecule has 0 saturated carbocycles. The van der Waals surface area contributed by atoms with E-state index in [0.717, 1.165) is 11.1 Å². The molecule has 0 heterocycles. The highest BCUT2D eigenvalue weighted by Crippen LogP contribution is 2.38. The largest absolute Gasteiger partial charge is 0.496 e. The second kappa shape index (κ2) is 8.58. The predicted octanol–water partition coefficient (Wildman–Crippen LogP) is 3.78. The molecular weight excluding hydrogens is 340 g/mol. The Hall–Kier alpha value is -2.47. The Balaban J connectivity index is 2.59. The minimum Gasteiger partial charge on any atom is -0.496 e.